The van der Waals surface area contributed by atoms with Gasteiger partial charge in [0.25, 0.3) is 0 Å². The third kappa shape index (κ3) is 33.7. The Bertz CT molecular complexity index is 2060. The van der Waals surface area contributed by atoms with Gasteiger partial charge < -0.3 is 75.8 Å². The Labute approximate surface area is 650 Å². The Balaban J connectivity index is 0.000000170. The van der Waals surface area contributed by atoms with Crippen LogP contribution in [0.1, 0.15) is 305 Å². The molecule has 0 aromatic heterocycles. The van der Waals surface area contributed by atoms with E-state index in [0.29, 0.717) is 95.7 Å². The molecule has 624 valence electrons. The van der Waals surface area contributed by atoms with Crippen LogP contribution in [0.3, 0.4) is 0 Å². The molecule has 106 heavy (non-hydrogen) atoms. The smallest absolute Gasteiger partial charge is 0.146 e. The van der Waals surface area contributed by atoms with E-state index < -0.39 is 0 Å². The summed E-state index contributed by atoms with van der Waals surface area (Å²) in [6, 6.07) is 0. The Morgan fingerprint density at radius 2 is 0.792 bits per heavy atom. The molecule has 16 fully saturated rings. The second-order valence-corrected chi connectivity index (χ2v) is 37.8. The molecule has 16 saturated carbocycles. The summed E-state index contributed by atoms with van der Waals surface area (Å²) in [5.41, 5.74) is 1.01. The number of fused-ring (bicyclic) bond motifs is 2. The van der Waals surface area contributed by atoms with E-state index in [1.807, 2.05) is 0 Å². The van der Waals surface area contributed by atoms with Gasteiger partial charge in [0, 0.05) is 56.9 Å². The average molecular weight is 1510 g/mol. The molecule has 16 rings (SSSR count). The SMILES string of the molecule is COCOC1C2CC3CC(C2)CC1C3.COCOC1CC(C)CCC1C(C)C.COCOC1CCC(C(C)(C)C)CC1.COCOC1CCCCC1.COCOC1CCCCC1C1CCCCC1.COCOCC12CC3CC(CC(C3)C1)C2.COCOCC1CC2CCC1C2.COCOCC1CCCCC1. The van der Waals surface area contributed by atoms with Crippen LogP contribution in [0.25, 0.3) is 0 Å². The standard InChI is InChI=1S/C14H26O2.C13H22O2.C12H20O2.2C12H24O2.C10H18O2.C9H18O2.C8H16O2/c1-15-11-16-14-10-6-5-9-13(14)12-7-3-2-4-8-12;1-14-9-15-8-13-5-10-2-11(6-13)4-12(3-10)7-13;1-13-7-14-12-10-3-8-2-9(5-10)6-11(12)4-8;1-12(2,3)10-5-7-11(8-6-10)14-9-13-4;1-9(2)11-6-5-10(3)7-12(11)14-8-13-4;1-11-7-12-6-10-5-8-2-3-9(10)4-8;1-10-8-11-7-9-5-3-2-4-6-9;1-9-7-10-8-5-3-2-4-6-8/h12-14H,2-11H2,1H3;10-12H,2-9H2,1H3;8-12H,2-7H2,1H3;10-11H,5-9H2,1-4H3;9-12H,5-8H2,1-4H3;8-10H,2-7H2,1H3;9H,2-8H2,1H3;8H,2-7H2,1H3. The quantitative estimate of drug-likeness (QED) is 0.0516. The predicted molar refractivity (Wildman–Crippen MR) is 425 cm³/mol. The van der Waals surface area contributed by atoms with Crippen molar-refractivity contribution in [3.63, 3.8) is 0 Å². The van der Waals surface area contributed by atoms with Crippen LogP contribution in [-0.2, 0) is 75.8 Å². The fraction of sp³-hybridized carbons (Fsp3) is 1.00. The molecule has 0 radical (unpaired) electrons. The summed E-state index contributed by atoms with van der Waals surface area (Å²) in [6.45, 7) is 20.4. The summed E-state index contributed by atoms with van der Waals surface area (Å²) in [7, 11) is 13.5. The second-order valence-electron chi connectivity index (χ2n) is 37.8. The zero-order valence-corrected chi connectivity index (χ0v) is 71.0. The number of hydrogen-bond donors (Lipinski definition) is 0. The number of methoxy groups -OCH3 is 8. The Kier molecular flexibility index (Phi) is 46.1. The lowest BCUT2D eigenvalue weighted by atomic mass is 9.50. The monoisotopic (exact) mass is 1510 g/mol. The van der Waals surface area contributed by atoms with E-state index in [9.17, 15) is 0 Å². The second kappa shape index (κ2) is 52.8. The highest BCUT2D eigenvalue weighted by Crippen LogP contribution is 2.60. The molecule has 0 heterocycles. The minimum absolute atomic E-state index is 0.415. The van der Waals surface area contributed by atoms with E-state index in [1.54, 1.807) is 56.9 Å². The highest BCUT2D eigenvalue weighted by molar-refractivity contribution is 5.02. The van der Waals surface area contributed by atoms with Crippen LogP contribution < -0.4 is 0 Å². The first-order chi connectivity index (χ1) is 51.5. The molecule has 0 aromatic carbocycles. The lowest BCUT2D eigenvalue weighted by Gasteiger charge is -2.56. The van der Waals surface area contributed by atoms with Crippen LogP contribution in [0.15, 0.2) is 0 Å². The maximum atomic E-state index is 5.88. The first-order valence-corrected chi connectivity index (χ1v) is 44.3. The van der Waals surface area contributed by atoms with Crippen LogP contribution >= 0.6 is 0 Å². The van der Waals surface area contributed by atoms with Gasteiger partial charge in [-0.1, -0.05) is 138 Å². The Morgan fingerprint density at radius 3 is 1.30 bits per heavy atom. The summed E-state index contributed by atoms with van der Waals surface area (Å²) >= 11 is 0. The topological polar surface area (TPSA) is 148 Å². The van der Waals surface area contributed by atoms with Crippen molar-refractivity contribution in [2.75, 3.05) is 131 Å². The molecule has 0 saturated heterocycles. The van der Waals surface area contributed by atoms with Crippen molar-refractivity contribution in [3.8, 4) is 0 Å². The largest absolute Gasteiger partial charge is 0.359 e. The van der Waals surface area contributed by atoms with Gasteiger partial charge in [0.15, 0.2) is 0 Å². The Hall–Kier alpha value is -0.640. The van der Waals surface area contributed by atoms with Crippen molar-refractivity contribution >= 4 is 0 Å². The molecule has 0 N–H and O–H groups in total. The molecule has 10 bridgehead atoms. The number of rotatable bonds is 29. The molecule has 16 aliphatic carbocycles. The van der Waals surface area contributed by atoms with Gasteiger partial charge in [-0.05, 0) is 278 Å². The van der Waals surface area contributed by atoms with E-state index in [1.165, 1.54) is 263 Å². The van der Waals surface area contributed by atoms with Crippen molar-refractivity contribution in [2.24, 2.45) is 111 Å². The fourth-order valence-corrected chi connectivity index (χ4v) is 23.3. The van der Waals surface area contributed by atoms with Gasteiger partial charge in [0.1, 0.15) is 54.3 Å². The van der Waals surface area contributed by atoms with E-state index in [0.717, 1.165) is 120 Å². The highest BCUT2D eigenvalue weighted by atomic mass is 16.7. The van der Waals surface area contributed by atoms with E-state index in [2.05, 4.69) is 41.5 Å². The number of ether oxygens (including phenoxy) is 16. The van der Waals surface area contributed by atoms with Gasteiger partial charge in [-0.3, -0.25) is 0 Å². The first kappa shape index (κ1) is 92.5. The summed E-state index contributed by atoms with van der Waals surface area (Å²) in [5.74, 6) is 15.5. The molecule has 8 atom stereocenters. The predicted octanol–water partition coefficient (Wildman–Crippen LogP) is 21.5. The van der Waals surface area contributed by atoms with Gasteiger partial charge >= 0.3 is 0 Å². The van der Waals surface area contributed by atoms with Crippen molar-refractivity contribution < 1.29 is 75.8 Å². The van der Waals surface area contributed by atoms with Crippen molar-refractivity contribution in [2.45, 2.75) is 335 Å². The number of hydrogen-bond acceptors (Lipinski definition) is 16. The third-order valence-electron chi connectivity index (χ3n) is 28.1. The molecule has 16 aliphatic rings. The van der Waals surface area contributed by atoms with Gasteiger partial charge in [-0.15, -0.1) is 0 Å². The molecule has 0 amide bonds. The van der Waals surface area contributed by atoms with Crippen molar-refractivity contribution in [1.29, 1.82) is 0 Å². The lowest BCUT2D eigenvalue weighted by Crippen LogP contribution is -2.49. The van der Waals surface area contributed by atoms with Crippen molar-refractivity contribution in [1.82, 2.24) is 0 Å². The molecule has 0 aromatic rings. The van der Waals surface area contributed by atoms with Gasteiger partial charge in [-0.2, -0.15) is 0 Å². The van der Waals surface area contributed by atoms with Gasteiger partial charge in [0.2, 0.25) is 0 Å². The summed E-state index contributed by atoms with van der Waals surface area (Å²) in [5, 5.41) is 0. The van der Waals surface area contributed by atoms with Crippen LogP contribution in [0.2, 0.25) is 0 Å². The molecule has 0 spiro atoms. The third-order valence-corrected chi connectivity index (χ3v) is 28.1. The fourth-order valence-electron chi connectivity index (χ4n) is 23.3. The van der Waals surface area contributed by atoms with Crippen molar-refractivity contribution in [3.05, 3.63) is 0 Å². The molecule has 0 aliphatic heterocycles. The minimum Gasteiger partial charge on any atom is -0.359 e. The van der Waals surface area contributed by atoms with E-state index in [-0.39, 0.29) is 0 Å². The Morgan fingerprint density at radius 1 is 0.340 bits per heavy atom. The van der Waals surface area contributed by atoms with Crippen LogP contribution in [0.4, 0.5) is 0 Å². The normalized spacial score (nSPS) is 35.1. The maximum absolute atomic E-state index is 5.88. The highest BCUT2D eigenvalue weighted by Gasteiger charge is 2.52. The molecule has 16 heteroatoms. The zero-order valence-electron chi connectivity index (χ0n) is 71.0. The summed E-state index contributed by atoms with van der Waals surface area (Å²) in [4.78, 5) is 0. The maximum Gasteiger partial charge on any atom is 0.146 e. The molecular formula is C90H168O16. The molecular weight excluding hydrogens is 1340 g/mol. The average Bonchev–Trinajstić information content (AvgIpc) is 0.946. The van der Waals surface area contributed by atoms with Crippen LogP contribution in [-0.4, -0.2) is 162 Å². The summed E-state index contributed by atoms with van der Waals surface area (Å²) in [6.07, 6.45) is 59.1. The van der Waals surface area contributed by atoms with Gasteiger partial charge in [0.05, 0.1) is 50.3 Å². The zero-order chi connectivity index (χ0) is 75.8. The minimum atomic E-state index is 0.415. The first-order valence-electron chi connectivity index (χ1n) is 44.3. The van der Waals surface area contributed by atoms with E-state index >= 15 is 0 Å². The molecule has 16 nitrogen and oxygen atoms in total. The lowest BCUT2D eigenvalue weighted by molar-refractivity contribution is -0.168. The van der Waals surface area contributed by atoms with Crippen LogP contribution in [0.5, 0.6) is 0 Å². The summed E-state index contributed by atoms with van der Waals surface area (Å²) < 4.78 is 84.3. The van der Waals surface area contributed by atoms with E-state index in [4.69, 9.17) is 75.8 Å². The van der Waals surface area contributed by atoms with Crippen LogP contribution in [0, 0.1) is 111 Å². The molecule has 8 unspecified atom stereocenters. The van der Waals surface area contributed by atoms with Gasteiger partial charge in [-0.25, -0.2) is 0 Å².